The van der Waals surface area contributed by atoms with Crippen molar-refractivity contribution >= 4 is 11.9 Å². The number of carbonyl (C=O) groups excluding carboxylic acids is 2. The average Bonchev–Trinajstić information content (AvgIpc) is 3.30. The molecule has 5 nitrogen and oxygen atoms in total. The fourth-order valence-electron chi connectivity index (χ4n) is 6.60. The molecule has 0 aromatic carbocycles. The first-order chi connectivity index (χ1) is 31.6. The van der Waals surface area contributed by atoms with Crippen molar-refractivity contribution < 1.29 is 23.8 Å². The highest BCUT2D eigenvalue weighted by Gasteiger charge is 2.17. The van der Waals surface area contributed by atoms with Crippen LogP contribution < -0.4 is 0 Å². The zero-order chi connectivity index (χ0) is 46.3. The Kier molecular flexibility index (Phi) is 50.5. The van der Waals surface area contributed by atoms with Crippen LogP contribution in [0.25, 0.3) is 0 Å². The second-order valence-electron chi connectivity index (χ2n) is 16.7. The van der Waals surface area contributed by atoms with Crippen LogP contribution in [-0.4, -0.2) is 37.9 Å². The SMILES string of the molecule is CC/C=C\C/C=C\C/C=C\C/C=C\C/C=C\C/C=C\CCC(=O)OCC(COCCCCCCCC/C=C\C/C=C\CCC)OC(=O)CCCCCCC/C=C\C/C=C\CCCCC. The standard InChI is InChI=1S/C59H96O5/c1-4-7-10-13-16-19-22-25-28-29-30-31-33-34-37-40-43-46-49-52-58(60)63-56-57(55-62-54-51-48-45-42-39-36-27-24-21-18-15-12-9-6-3)64-59(61)53-50-47-44-41-38-35-32-26-23-20-17-14-11-8-5-2/h7,10,12,15-17,19-21,24-26,28,30-32,34,37,43,46,57H,4-6,8-9,11,13-14,18,22-23,27,29,33,35-36,38-42,44-45,47-56H2,1-3H3/b10-7-,15-12-,19-16-,20-17-,24-21-,28-25-,31-30-,32-26-,37-34-,46-43-. The van der Waals surface area contributed by atoms with Crippen molar-refractivity contribution in [3.05, 3.63) is 122 Å². The zero-order valence-electron chi connectivity index (χ0n) is 41.5. The predicted molar refractivity (Wildman–Crippen MR) is 279 cm³/mol. The molecule has 0 aliphatic heterocycles. The maximum absolute atomic E-state index is 12.8. The molecule has 0 heterocycles. The molecule has 1 atom stereocenters. The third-order valence-electron chi connectivity index (χ3n) is 10.4. The number of allylic oxidation sites excluding steroid dienone is 20. The van der Waals surface area contributed by atoms with E-state index in [-0.39, 0.29) is 25.2 Å². The lowest BCUT2D eigenvalue weighted by Crippen LogP contribution is -2.30. The molecule has 0 bridgehead atoms. The molecule has 0 saturated heterocycles. The number of rotatable bonds is 46. The summed E-state index contributed by atoms with van der Waals surface area (Å²) in [4.78, 5) is 25.4. The minimum absolute atomic E-state index is 0.0277. The van der Waals surface area contributed by atoms with Crippen LogP contribution in [0.5, 0.6) is 0 Å². The number of carbonyl (C=O) groups is 2. The maximum atomic E-state index is 12.8. The molecule has 64 heavy (non-hydrogen) atoms. The minimum Gasteiger partial charge on any atom is -0.462 e. The van der Waals surface area contributed by atoms with Gasteiger partial charge in [0, 0.05) is 19.4 Å². The van der Waals surface area contributed by atoms with E-state index >= 15 is 0 Å². The highest BCUT2D eigenvalue weighted by Crippen LogP contribution is 2.12. The zero-order valence-corrected chi connectivity index (χ0v) is 41.5. The number of unbranched alkanes of at least 4 members (excludes halogenated alkanes) is 15. The Balaban J connectivity index is 4.45. The Labute approximate surface area is 395 Å². The van der Waals surface area contributed by atoms with Gasteiger partial charge in [-0.1, -0.05) is 206 Å². The van der Waals surface area contributed by atoms with Gasteiger partial charge < -0.3 is 14.2 Å². The topological polar surface area (TPSA) is 61.8 Å². The largest absolute Gasteiger partial charge is 0.462 e. The summed E-state index contributed by atoms with van der Waals surface area (Å²) in [5, 5.41) is 0. The molecule has 0 N–H and O–H groups in total. The van der Waals surface area contributed by atoms with Crippen molar-refractivity contribution in [2.24, 2.45) is 0 Å². The van der Waals surface area contributed by atoms with Gasteiger partial charge >= 0.3 is 11.9 Å². The number of esters is 2. The molecule has 0 saturated carbocycles. The Hall–Kier alpha value is -3.70. The lowest BCUT2D eigenvalue weighted by molar-refractivity contribution is -0.162. The fraction of sp³-hybridized carbons (Fsp3) is 0.627. The van der Waals surface area contributed by atoms with Gasteiger partial charge in [0.2, 0.25) is 0 Å². The molecule has 0 radical (unpaired) electrons. The molecule has 0 amide bonds. The molecular weight excluding hydrogens is 789 g/mol. The van der Waals surface area contributed by atoms with Crippen LogP contribution in [-0.2, 0) is 23.8 Å². The van der Waals surface area contributed by atoms with Crippen LogP contribution in [0, 0.1) is 0 Å². The summed E-state index contributed by atoms with van der Waals surface area (Å²) < 4.78 is 17.3. The Morgan fingerprint density at radius 3 is 1.25 bits per heavy atom. The second-order valence-corrected chi connectivity index (χ2v) is 16.7. The van der Waals surface area contributed by atoms with Crippen LogP contribution in [0.4, 0.5) is 0 Å². The molecule has 5 heteroatoms. The van der Waals surface area contributed by atoms with Crippen LogP contribution in [0.2, 0.25) is 0 Å². The Bertz CT molecular complexity index is 1320. The van der Waals surface area contributed by atoms with Gasteiger partial charge in [-0.2, -0.15) is 0 Å². The molecule has 1 unspecified atom stereocenters. The van der Waals surface area contributed by atoms with Crippen LogP contribution in [0.3, 0.4) is 0 Å². The number of hydrogen-bond donors (Lipinski definition) is 0. The first kappa shape index (κ1) is 60.3. The lowest BCUT2D eigenvalue weighted by atomic mass is 10.1. The van der Waals surface area contributed by atoms with Gasteiger partial charge in [0.15, 0.2) is 6.10 Å². The number of hydrogen-bond acceptors (Lipinski definition) is 5. The minimum atomic E-state index is -0.588. The quantitative estimate of drug-likeness (QED) is 0.0346. The number of ether oxygens (including phenoxy) is 3. The molecule has 0 aliphatic rings. The van der Waals surface area contributed by atoms with E-state index in [1.807, 2.05) is 6.08 Å². The third kappa shape index (κ3) is 50.9. The maximum Gasteiger partial charge on any atom is 0.306 e. The van der Waals surface area contributed by atoms with E-state index in [9.17, 15) is 9.59 Å². The summed E-state index contributed by atoms with van der Waals surface area (Å²) in [5.41, 5.74) is 0. The van der Waals surface area contributed by atoms with Gasteiger partial charge in [0.05, 0.1) is 6.61 Å². The molecule has 0 aromatic rings. The van der Waals surface area contributed by atoms with Gasteiger partial charge in [-0.15, -0.1) is 0 Å². The normalized spacial score (nSPS) is 13.2. The van der Waals surface area contributed by atoms with Crippen LogP contribution in [0.1, 0.15) is 213 Å². The molecule has 362 valence electrons. The van der Waals surface area contributed by atoms with Gasteiger partial charge in [0.1, 0.15) is 6.61 Å². The smallest absolute Gasteiger partial charge is 0.306 e. The molecular formula is C59H96O5. The Morgan fingerprint density at radius 2 is 0.766 bits per heavy atom. The van der Waals surface area contributed by atoms with E-state index in [1.54, 1.807) is 0 Å². The van der Waals surface area contributed by atoms with E-state index in [0.717, 1.165) is 96.3 Å². The molecule has 0 aliphatic carbocycles. The fourth-order valence-corrected chi connectivity index (χ4v) is 6.60. The summed E-state index contributed by atoms with van der Waals surface area (Å²) >= 11 is 0. The summed E-state index contributed by atoms with van der Waals surface area (Å²) in [7, 11) is 0. The summed E-state index contributed by atoms with van der Waals surface area (Å²) in [6.07, 6.45) is 75.0. The van der Waals surface area contributed by atoms with E-state index in [0.29, 0.717) is 25.9 Å². The van der Waals surface area contributed by atoms with Gasteiger partial charge in [-0.25, -0.2) is 0 Å². The lowest BCUT2D eigenvalue weighted by Gasteiger charge is -2.18. The summed E-state index contributed by atoms with van der Waals surface area (Å²) in [6.45, 7) is 7.49. The highest BCUT2D eigenvalue weighted by molar-refractivity contribution is 5.70. The monoisotopic (exact) mass is 885 g/mol. The molecule has 0 rings (SSSR count). The predicted octanol–water partition coefficient (Wildman–Crippen LogP) is 17.8. The van der Waals surface area contributed by atoms with Crippen molar-refractivity contribution in [1.82, 2.24) is 0 Å². The average molecular weight is 885 g/mol. The van der Waals surface area contributed by atoms with Gasteiger partial charge in [0.25, 0.3) is 0 Å². The first-order valence-corrected chi connectivity index (χ1v) is 26.1. The van der Waals surface area contributed by atoms with Crippen molar-refractivity contribution in [3.8, 4) is 0 Å². The van der Waals surface area contributed by atoms with Gasteiger partial charge in [-0.05, 0) is 116 Å². The summed E-state index contributed by atoms with van der Waals surface area (Å²) in [6, 6.07) is 0. The summed E-state index contributed by atoms with van der Waals surface area (Å²) in [5.74, 6) is -0.523. The molecule has 0 aromatic heterocycles. The van der Waals surface area contributed by atoms with Crippen molar-refractivity contribution in [1.29, 1.82) is 0 Å². The van der Waals surface area contributed by atoms with Crippen molar-refractivity contribution in [3.63, 3.8) is 0 Å². The van der Waals surface area contributed by atoms with Crippen LogP contribution >= 0.6 is 0 Å². The van der Waals surface area contributed by atoms with Crippen molar-refractivity contribution in [2.45, 2.75) is 219 Å². The van der Waals surface area contributed by atoms with E-state index in [1.165, 1.54) is 77.0 Å². The van der Waals surface area contributed by atoms with Crippen LogP contribution in [0.15, 0.2) is 122 Å². The van der Waals surface area contributed by atoms with Gasteiger partial charge in [-0.3, -0.25) is 9.59 Å². The van der Waals surface area contributed by atoms with Crippen molar-refractivity contribution in [2.75, 3.05) is 19.8 Å². The highest BCUT2D eigenvalue weighted by atomic mass is 16.6. The second kappa shape index (κ2) is 53.6. The molecule has 0 fully saturated rings. The third-order valence-corrected chi connectivity index (χ3v) is 10.4. The molecule has 0 spiro atoms. The van der Waals surface area contributed by atoms with E-state index in [4.69, 9.17) is 14.2 Å². The Morgan fingerprint density at radius 1 is 0.359 bits per heavy atom. The van der Waals surface area contributed by atoms with E-state index in [2.05, 4.69) is 136 Å². The first-order valence-electron chi connectivity index (χ1n) is 26.1. The van der Waals surface area contributed by atoms with E-state index < -0.39 is 6.10 Å².